The summed E-state index contributed by atoms with van der Waals surface area (Å²) in [5.41, 5.74) is -0.571. The highest BCUT2D eigenvalue weighted by molar-refractivity contribution is 6.44. The smallest absolute Gasteiger partial charge is 0.403 e. The fourth-order valence-corrected chi connectivity index (χ4v) is 1.67. The number of aromatic nitrogens is 3. The zero-order valence-corrected chi connectivity index (χ0v) is 10.5. The Morgan fingerprint density at radius 1 is 1.25 bits per heavy atom. The van der Waals surface area contributed by atoms with Crippen molar-refractivity contribution < 1.29 is 9.31 Å². The van der Waals surface area contributed by atoms with Crippen molar-refractivity contribution in [3.63, 3.8) is 0 Å². The van der Waals surface area contributed by atoms with Crippen molar-refractivity contribution in [3.8, 4) is 0 Å². The van der Waals surface area contributed by atoms with Gasteiger partial charge in [0, 0.05) is 13.4 Å². The number of nitrogens with zero attached hydrogens (tertiary/aromatic N) is 3. The van der Waals surface area contributed by atoms with Crippen LogP contribution in [0, 0.1) is 0 Å². The van der Waals surface area contributed by atoms with E-state index in [-0.39, 0.29) is 18.3 Å². The van der Waals surface area contributed by atoms with Gasteiger partial charge in [-0.05, 0) is 27.7 Å². The van der Waals surface area contributed by atoms with Gasteiger partial charge in [-0.1, -0.05) is 0 Å². The topological polar surface area (TPSA) is 49.2 Å². The van der Waals surface area contributed by atoms with E-state index in [1.54, 1.807) is 11.0 Å². The monoisotopic (exact) mass is 223 g/mol. The zero-order valence-electron chi connectivity index (χ0n) is 10.5. The van der Waals surface area contributed by atoms with Gasteiger partial charge >= 0.3 is 7.12 Å². The maximum atomic E-state index is 5.87. The van der Waals surface area contributed by atoms with Gasteiger partial charge in [-0.15, -0.1) is 0 Å². The molecule has 0 atom stereocenters. The molecular weight excluding hydrogens is 205 g/mol. The molecule has 2 rings (SSSR count). The van der Waals surface area contributed by atoms with Crippen LogP contribution in [0.5, 0.6) is 0 Å². The molecule has 2 heterocycles. The van der Waals surface area contributed by atoms with Crippen molar-refractivity contribution in [2.75, 3.05) is 0 Å². The Kier molecular flexibility index (Phi) is 2.59. The van der Waals surface area contributed by atoms with E-state index in [0.717, 1.165) is 5.82 Å². The van der Waals surface area contributed by atoms with Gasteiger partial charge in [-0.25, -0.2) is 4.98 Å². The predicted octanol–water partition coefficient (Wildman–Crippen LogP) is 0.989. The number of hydrogen-bond acceptors (Lipinski definition) is 4. The van der Waals surface area contributed by atoms with E-state index < -0.39 is 0 Å². The van der Waals surface area contributed by atoms with Gasteiger partial charge in [-0.2, -0.15) is 5.10 Å². The molecule has 1 aliphatic heterocycles. The minimum absolute atomic E-state index is 0.257. The molecule has 0 radical (unpaired) electrons. The van der Waals surface area contributed by atoms with E-state index >= 15 is 0 Å². The van der Waals surface area contributed by atoms with Crippen LogP contribution in [-0.4, -0.2) is 33.1 Å². The first kappa shape index (κ1) is 11.6. The SMILES string of the molecule is Cn1cnc(CB2OC(C)(C)C(C)(C)O2)n1. The van der Waals surface area contributed by atoms with Crippen LogP contribution in [0.15, 0.2) is 6.33 Å². The van der Waals surface area contributed by atoms with Crippen LogP contribution in [0.4, 0.5) is 0 Å². The molecule has 0 amide bonds. The van der Waals surface area contributed by atoms with Gasteiger partial charge in [0.05, 0.1) is 11.2 Å². The highest BCUT2D eigenvalue weighted by Gasteiger charge is 2.51. The summed E-state index contributed by atoms with van der Waals surface area (Å²) < 4.78 is 13.4. The molecule has 0 aromatic carbocycles. The highest BCUT2D eigenvalue weighted by Crippen LogP contribution is 2.37. The van der Waals surface area contributed by atoms with Crippen molar-refractivity contribution in [1.82, 2.24) is 14.8 Å². The van der Waals surface area contributed by atoms with Crippen LogP contribution >= 0.6 is 0 Å². The lowest BCUT2D eigenvalue weighted by Crippen LogP contribution is -2.41. The van der Waals surface area contributed by atoms with E-state index in [1.165, 1.54) is 0 Å². The van der Waals surface area contributed by atoms with Gasteiger partial charge in [0.15, 0.2) is 0 Å². The summed E-state index contributed by atoms with van der Waals surface area (Å²) in [5, 5.41) is 4.22. The minimum Gasteiger partial charge on any atom is -0.403 e. The summed E-state index contributed by atoms with van der Waals surface area (Å²) in [6, 6.07) is 0. The van der Waals surface area contributed by atoms with E-state index in [0.29, 0.717) is 6.32 Å². The van der Waals surface area contributed by atoms with Crippen LogP contribution in [0.2, 0.25) is 0 Å². The van der Waals surface area contributed by atoms with Crippen molar-refractivity contribution in [1.29, 1.82) is 0 Å². The molecule has 0 N–H and O–H groups in total. The third-order valence-electron chi connectivity index (χ3n) is 3.30. The maximum absolute atomic E-state index is 5.87. The molecule has 0 saturated carbocycles. The highest BCUT2D eigenvalue weighted by atomic mass is 16.7. The summed E-state index contributed by atoms with van der Waals surface area (Å²) in [6.45, 7) is 8.16. The van der Waals surface area contributed by atoms with Crippen LogP contribution in [-0.2, 0) is 22.7 Å². The van der Waals surface area contributed by atoms with Gasteiger partial charge in [0.25, 0.3) is 0 Å². The lowest BCUT2D eigenvalue weighted by atomic mass is 9.85. The molecule has 1 saturated heterocycles. The first-order valence-electron chi connectivity index (χ1n) is 5.50. The summed E-state index contributed by atoms with van der Waals surface area (Å²) >= 11 is 0. The van der Waals surface area contributed by atoms with E-state index in [4.69, 9.17) is 9.31 Å². The number of rotatable bonds is 2. The molecule has 16 heavy (non-hydrogen) atoms. The molecule has 1 aliphatic rings. The molecule has 0 unspecified atom stereocenters. The van der Waals surface area contributed by atoms with Crippen molar-refractivity contribution in [3.05, 3.63) is 12.2 Å². The third kappa shape index (κ3) is 1.99. The van der Waals surface area contributed by atoms with Gasteiger partial charge in [0.1, 0.15) is 12.2 Å². The van der Waals surface area contributed by atoms with Crippen molar-refractivity contribution in [2.45, 2.75) is 45.2 Å². The molecule has 1 aromatic rings. The first-order chi connectivity index (χ1) is 7.30. The maximum Gasteiger partial charge on any atom is 0.465 e. The minimum atomic E-state index is -0.285. The van der Waals surface area contributed by atoms with Crippen LogP contribution in [0.1, 0.15) is 33.5 Å². The van der Waals surface area contributed by atoms with Crippen molar-refractivity contribution in [2.24, 2.45) is 7.05 Å². The van der Waals surface area contributed by atoms with Gasteiger partial charge in [0.2, 0.25) is 0 Å². The summed E-state index contributed by atoms with van der Waals surface area (Å²) in [7, 11) is 1.59. The second-order valence-electron chi connectivity index (χ2n) is 5.22. The number of aryl methyl sites for hydroxylation is 1. The fraction of sp³-hybridized carbons (Fsp3) is 0.800. The average molecular weight is 223 g/mol. The first-order valence-corrected chi connectivity index (χ1v) is 5.50. The molecule has 5 nitrogen and oxygen atoms in total. The molecule has 1 aromatic heterocycles. The molecule has 0 bridgehead atoms. The predicted molar refractivity (Wildman–Crippen MR) is 60.8 cm³/mol. The largest absolute Gasteiger partial charge is 0.465 e. The Bertz CT molecular complexity index is 373. The van der Waals surface area contributed by atoms with E-state index in [1.807, 2.05) is 34.7 Å². The average Bonchev–Trinajstić information content (AvgIpc) is 2.56. The molecule has 0 spiro atoms. The Morgan fingerprint density at radius 3 is 2.25 bits per heavy atom. The summed E-state index contributed by atoms with van der Waals surface area (Å²) in [5.74, 6) is 0.751. The summed E-state index contributed by atoms with van der Waals surface area (Å²) in [6.07, 6.45) is 2.27. The van der Waals surface area contributed by atoms with Crippen LogP contribution in [0.25, 0.3) is 0 Å². The quantitative estimate of drug-likeness (QED) is 0.701. The zero-order chi connectivity index (χ0) is 12.0. The van der Waals surface area contributed by atoms with E-state index in [2.05, 4.69) is 10.1 Å². The second kappa shape index (κ2) is 3.57. The molecule has 88 valence electrons. The molecule has 1 fully saturated rings. The lowest BCUT2D eigenvalue weighted by molar-refractivity contribution is 0.00578. The Hall–Kier alpha value is -0.875. The summed E-state index contributed by atoms with van der Waals surface area (Å²) in [4.78, 5) is 4.17. The van der Waals surface area contributed by atoms with Crippen molar-refractivity contribution >= 4 is 7.12 Å². The Labute approximate surface area is 96.3 Å². The molecule has 0 aliphatic carbocycles. The third-order valence-corrected chi connectivity index (χ3v) is 3.30. The molecular formula is C10H18BN3O2. The Balaban J connectivity index is 2.04. The molecule has 6 heteroatoms. The van der Waals surface area contributed by atoms with Crippen LogP contribution in [0.3, 0.4) is 0 Å². The second-order valence-corrected chi connectivity index (χ2v) is 5.22. The lowest BCUT2D eigenvalue weighted by Gasteiger charge is -2.32. The van der Waals surface area contributed by atoms with Gasteiger partial charge in [-0.3, -0.25) is 4.68 Å². The number of hydrogen-bond donors (Lipinski definition) is 0. The van der Waals surface area contributed by atoms with Crippen LogP contribution < -0.4 is 0 Å². The van der Waals surface area contributed by atoms with E-state index in [9.17, 15) is 0 Å². The fourth-order valence-electron chi connectivity index (χ4n) is 1.67. The Morgan fingerprint density at radius 2 is 1.81 bits per heavy atom. The van der Waals surface area contributed by atoms with Gasteiger partial charge < -0.3 is 9.31 Å². The standard InChI is InChI=1S/C10H18BN3O2/c1-9(2)10(3,4)16-11(15-9)6-8-12-7-14(5)13-8/h7H,6H2,1-5H3. The normalized spacial score (nSPS) is 22.7.